The van der Waals surface area contributed by atoms with E-state index in [4.69, 9.17) is 4.74 Å². The van der Waals surface area contributed by atoms with Crippen molar-refractivity contribution in [1.29, 1.82) is 5.26 Å². The molecule has 1 aromatic carbocycles. The van der Waals surface area contributed by atoms with Crippen LogP contribution in [0.3, 0.4) is 0 Å². The minimum absolute atomic E-state index is 0.0806. The summed E-state index contributed by atoms with van der Waals surface area (Å²) in [6.07, 6.45) is 5.67. The molecule has 1 aliphatic carbocycles. The minimum Gasteiger partial charge on any atom is -0.497 e. The van der Waals surface area contributed by atoms with Gasteiger partial charge in [-0.05, 0) is 43.2 Å². The number of rotatable bonds is 4. The van der Waals surface area contributed by atoms with Gasteiger partial charge in [-0.15, -0.1) is 0 Å². The van der Waals surface area contributed by atoms with Gasteiger partial charge in [0, 0.05) is 23.3 Å². The van der Waals surface area contributed by atoms with Crippen LogP contribution in [0.25, 0.3) is 11.0 Å². The molecule has 4 rings (SSSR count). The summed E-state index contributed by atoms with van der Waals surface area (Å²) >= 11 is 0. The van der Waals surface area contributed by atoms with Gasteiger partial charge in [0.1, 0.15) is 23.0 Å². The van der Waals surface area contributed by atoms with Crippen LogP contribution >= 0.6 is 0 Å². The molecule has 7 heteroatoms. The zero-order chi connectivity index (χ0) is 18.8. The van der Waals surface area contributed by atoms with Crippen molar-refractivity contribution in [3.8, 4) is 11.8 Å². The molecule has 0 saturated heterocycles. The summed E-state index contributed by atoms with van der Waals surface area (Å²) in [5.41, 5.74) is 1.25. The van der Waals surface area contributed by atoms with Crippen molar-refractivity contribution in [2.75, 3.05) is 12.4 Å². The third-order valence-electron chi connectivity index (χ3n) is 4.93. The lowest BCUT2D eigenvalue weighted by Crippen LogP contribution is -2.26. The van der Waals surface area contributed by atoms with Gasteiger partial charge < -0.3 is 10.1 Å². The number of nitrogens with one attached hydrogen (secondary N) is 1. The number of anilines is 2. The molecule has 0 bridgehead atoms. The molecule has 136 valence electrons. The van der Waals surface area contributed by atoms with Gasteiger partial charge in [0.2, 0.25) is 5.95 Å². The quantitative estimate of drug-likeness (QED) is 0.764. The van der Waals surface area contributed by atoms with Gasteiger partial charge in [0.05, 0.1) is 7.11 Å². The van der Waals surface area contributed by atoms with E-state index in [0.717, 1.165) is 37.1 Å². The highest BCUT2D eigenvalue weighted by atomic mass is 16.5. The van der Waals surface area contributed by atoms with E-state index in [9.17, 15) is 10.1 Å². The molecular formula is C20H19N5O2. The van der Waals surface area contributed by atoms with Crippen molar-refractivity contribution >= 4 is 22.7 Å². The van der Waals surface area contributed by atoms with Crippen molar-refractivity contribution in [3.63, 3.8) is 0 Å². The summed E-state index contributed by atoms with van der Waals surface area (Å²) < 4.78 is 6.84. The van der Waals surface area contributed by atoms with Gasteiger partial charge in [0.25, 0.3) is 5.56 Å². The summed E-state index contributed by atoms with van der Waals surface area (Å²) in [4.78, 5) is 21.7. The fourth-order valence-corrected chi connectivity index (χ4v) is 3.57. The SMILES string of the molecule is COc1ccc(Nc2ncc3cc(C#N)c(=O)n(C4CCCC4)c3n2)cc1. The van der Waals surface area contributed by atoms with Crippen molar-refractivity contribution in [2.45, 2.75) is 31.7 Å². The number of pyridine rings is 1. The van der Waals surface area contributed by atoms with E-state index in [0.29, 0.717) is 17.0 Å². The van der Waals surface area contributed by atoms with Crippen LogP contribution in [0.2, 0.25) is 0 Å². The summed E-state index contributed by atoms with van der Waals surface area (Å²) in [6.45, 7) is 0. The molecule has 0 radical (unpaired) electrons. The molecule has 0 unspecified atom stereocenters. The summed E-state index contributed by atoms with van der Waals surface area (Å²) in [5.74, 6) is 1.17. The maximum absolute atomic E-state index is 12.8. The van der Waals surface area contributed by atoms with E-state index in [-0.39, 0.29) is 17.2 Å². The van der Waals surface area contributed by atoms with Crippen molar-refractivity contribution in [2.24, 2.45) is 0 Å². The third kappa shape index (κ3) is 3.22. The van der Waals surface area contributed by atoms with Gasteiger partial charge in [-0.1, -0.05) is 12.8 Å². The molecular weight excluding hydrogens is 342 g/mol. The second-order valence-corrected chi connectivity index (χ2v) is 6.61. The Hall–Kier alpha value is -3.40. The van der Waals surface area contributed by atoms with Crippen LogP contribution in [0.5, 0.6) is 5.75 Å². The Morgan fingerprint density at radius 3 is 2.67 bits per heavy atom. The molecule has 3 aromatic rings. The molecule has 2 aromatic heterocycles. The summed E-state index contributed by atoms with van der Waals surface area (Å²) in [7, 11) is 1.62. The first-order chi connectivity index (χ1) is 13.2. The van der Waals surface area contributed by atoms with E-state index in [1.165, 1.54) is 0 Å². The molecule has 0 amide bonds. The number of hydrogen-bond donors (Lipinski definition) is 1. The fraction of sp³-hybridized carbons (Fsp3) is 0.300. The van der Waals surface area contributed by atoms with Gasteiger partial charge >= 0.3 is 0 Å². The first kappa shape index (κ1) is 17.0. The number of ether oxygens (including phenoxy) is 1. The average molecular weight is 361 g/mol. The number of methoxy groups -OCH3 is 1. The molecule has 0 spiro atoms. The largest absolute Gasteiger partial charge is 0.497 e. The van der Waals surface area contributed by atoms with Crippen molar-refractivity contribution in [3.05, 3.63) is 52.4 Å². The third-order valence-corrected chi connectivity index (χ3v) is 4.93. The second kappa shape index (κ2) is 7.08. The van der Waals surface area contributed by atoms with Crippen LogP contribution < -0.4 is 15.6 Å². The van der Waals surface area contributed by atoms with Crippen LogP contribution in [0.15, 0.2) is 41.3 Å². The van der Waals surface area contributed by atoms with Crippen molar-refractivity contribution in [1.82, 2.24) is 14.5 Å². The molecule has 27 heavy (non-hydrogen) atoms. The Balaban J connectivity index is 1.79. The molecule has 1 saturated carbocycles. The zero-order valence-corrected chi connectivity index (χ0v) is 15.0. The number of fused-ring (bicyclic) bond motifs is 1. The highest BCUT2D eigenvalue weighted by Crippen LogP contribution is 2.30. The van der Waals surface area contributed by atoms with Crippen LogP contribution in [0, 0.1) is 11.3 Å². The van der Waals surface area contributed by atoms with Crippen molar-refractivity contribution < 1.29 is 4.74 Å². The molecule has 0 aliphatic heterocycles. The smallest absolute Gasteiger partial charge is 0.270 e. The Morgan fingerprint density at radius 1 is 1.26 bits per heavy atom. The van der Waals surface area contributed by atoms with E-state index >= 15 is 0 Å². The monoisotopic (exact) mass is 361 g/mol. The average Bonchev–Trinajstić information content (AvgIpc) is 3.22. The van der Waals surface area contributed by atoms with E-state index in [1.54, 1.807) is 23.9 Å². The predicted octanol–water partition coefficient (Wildman–Crippen LogP) is 3.53. The standard InChI is InChI=1S/C20H19N5O2/c1-27-17-8-6-15(7-9-17)23-20-22-12-14-10-13(11-21)19(26)25(18(14)24-20)16-4-2-3-5-16/h6-10,12,16H,2-5H2,1H3,(H,22,23,24). The molecule has 1 fully saturated rings. The Kier molecular flexibility index (Phi) is 4.47. The molecule has 0 atom stereocenters. The maximum atomic E-state index is 12.8. The summed E-state index contributed by atoms with van der Waals surface area (Å²) in [5, 5.41) is 13.2. The Morgan fingerprint density at radius 2 is 2.00 bits per heavy atom. The Labute approximate surface area is 156 Å². The molecule has 2 heterocycles. The van der Waals surface area contributed by atoms with Gasteiger partial charge in [0.15, 0.2) is 0 Å². The lowest BCUT2D eigenvalue weighted by molar-refractivity contribution is 0.415. The number of benzene rings is 1. The minimum atomic E-state index is -0.272. The van der Waals surface area contributed by atoms with Gasteiger partial charge in [-0.25, -0.2) is 4.98 Å². The second-order valence-electron chi connectivity index (χ2n) is 6.61. The van der Waals surface area contributed by atoms with Crippen LogP contribution in [0.1, 0.15) is 37.3 Å². The topological polar surface area (TPSA) is 92.8 Å². The lowest BCUT2D eigenvalue weighted by atomic mass is 10.2. The first-order valence-corrected chi connectivity index (χ1v) is 8.93. The number of aromatic nitrogens is 3. The van der Waals surface area contributed by atoms with E-state index in [2.05, 4.69) is 15.3 Å². The molecule has 1 aliphatic rings. The Bertz CT molecular complexity index is 1080. The number of nitriles is 1. The zero-order valence-electron chi connectivity index (χ0n) is 15.0. The lowest BCUT2D eigenvalue weighted by Gasteiger charge is -2.17. The first-order valence-electron chi connectivity index (χ1n) is 8.93. The summed E-state index contributed by atoms with van der Waals surface area (Å²) in [6, 6.07) is 11.1. The molecule has 7 nitrogen and oxygen atoms in total. The van der Waals surface area contributed by atoms with E-state index < -0.39 is 0 Å². The van der Waals surface area contributed by atoms with Crippen LogP contribution in [-0.4, -0.2) is 21.6 Å². The predicted molar refractivity (Wildman–Crippen MR) is 102 cm³/mol. The molecule has 1 N–H and O–H groups in total. The number of nitrogens with zero attached hydrogens (tertiary/aromatic N) is 4. The van der Waals surface area contributed by atoms with E-state index in [1.807, 2.05) is 30.3 Å². The van der Waals surface area contributed by atoms with Gasteiger partial charge in [-0.2, -0.15) is 10.2 Å². The highest BCUT2D eigenvalue weighted by molar-refractivity contribution is 5.77. The number of hydrogen-bond acceptors (Lipinski definition) is 6. The van der Waals surface area contributed by atoms with Gasteiger partial charge in [-0.3, -0.25) is 9.36 Å². The van der Waals surface area contributed by atoms with Crippen LogP contribution in [-0.2, 0) is 0 Å². The highest BCUT2D eigenvalue weighted by Gasteiger charge is 2.22. The maximum Gasteiger partial charge on any atom is 0.270 e. The van der Waals surface area contributed by atoms with Crippen LogP contribution in [0.4, 0.5) is 11.6 Å². The fourth-order valence-electron chi connectivity index (χ4n) is 3.57. The normalized spacial score (nSPS) is 14.2.